The molecule has 3 N–H and O–H groups in total. The predicted octanol–water partition coefficient (Wildman–Crippen LogP) is 0.978. The number of amides is 1. The number of rotatable bonds is 8. The topological polar surface area (TPSA) is 89.3 Å². The molecule has 0 heterocycles. The average Bonchev–Trinajstić information content (AvgIpc) is 2.88. The van der Waals surface area contributed by atoms with E-state index in [0.717, 1.165) is 32.1 Å². The molecule has 0 aromatic heterocycles. The molecule has 1 rings (SSSR count). The molecule has 19 heavy (non-hydrogen) atoms. The van der Waals surface area contributed by atoms with Crippen molar-refractivity contribution in [2.24, 2.45) is 5.73 Å². The second-order valence-corrected chi connectivity index (χ2v) is 7.64. The number of carbonyl (C=O) groups excluding carboxylic acids is 1. The van der Waals surface area contributed by atoms with Gasteiger partial charge in [0.05, 0.1) is 5.25 Å². The maximum atomic E-state index is 12.0. The lowest BCUT2D eigenvalue weighted by atomic mass is 10.1. The van der Waals surface area contributed by atoms with Gasteiger partial charge in [0.15, 0.2) is 9.84 Å². The second kappa shape index (κ2) is 7.85. The highest BCUT2D eigenvalue weighted by Gasteiger charge is 2.30. The van der Waals surface area contributed by atoms with Gasteiger partial charge in [-0.25, -0.2) is 8.42 Å². The molecule has 0 aliphatic heterocycles. The molecule has 0 saturated heterocycles. The molecular weight excluding hydrogens is 264 g/mol. The summed E-state index contributed by atoms with van der Waals surface area (Å²) < 4.78 is 24.1. The number of sulfone groups is 1. The first-order valence-electron chi connectivity index (χ1n) is 7.20. The second-order valence-electron chi connectivity index (χ2n) is 5.36. The summed E-state index contributed by atoms with van der Waals surface area (Å²) in [6, 6.07) is -0.105. The molecule has 6 heteroatoms. The lowest BCUT2D eigenvalue weighted by Gasteiger charge is -2.17. The van der Waals surface area contributed by atoms with Crippen molar-refractivity contribution in [2.45, 2.75) is 63.2 Å². The van der Waals surface area contributed by atoms with Crippen molar-refractivity contribution in [3.05, 3.63) is 0 Å². The van der Waals surface area contributed by atoms with E-state index in [2.05, 4.69) is 12.2 Å². The van der Waals surface area contributed by atoms with Gasteiger partial charge in [0.1, 0.15) is 5.75 Å². The molecule has 1 saturated carbocycles. The normalized spacial score (nSPS) is 18.4. The molecule has 0 spiro atoms. The summed E-state index contributed by atoms with van der Waals surface area (Å²) in [6.07, 6.45) is 6.13. The fourth-order valence-electron chi connectivity index (χ4n) is 2.52. The fourth-order valence-corrected chi connectivity index (χ4v) is 4.25. The molecular formula is C13H26N2O3S. The van der Waals surface area contributed by atoms with Crippen LogP contribution in [0.5, 0.6) is 0 Å². The SMILES string of the molecule is CCCCC(CN)NC(=O)CS(=O)(=O)C1CCCC1. The van der Waals surface area contributed by atoms with Crippen LogP contribution in [0, 0.1) is 0 Å². The van der Waals surface area contributed by atoms with E-state index in [1.165, 1.54) is 0 Å². The van der Waals surface area contributed by atoms with Gasteiger partial charge in [0.25, 0.3) is 0 Å². The summed E-state index contributed by atoms with van der Waals surface area (Å²) >= 11 is 0. The number of carbonyl (C=O) groups is 1. The van der Waals surface area contributed by atoms with E-state index in [9.17, 15) is 13.2 Å². The Morgan fingerprint density at radius 1 is 1.37 bits per heavy atom. The van der Waals surface area contributed by atoms with E-state index >= 15 is 0 Å². The lowest BCUT2D eigenvalue weighted by molar-refractivity contribution is -0.119. The van der Waals surface area contributed by atoms with Gasteiger partial charge in [-0.3, -0.25) is 4.79 Å². The van der Waals surface area contributed by atoms with E-state index in [1.54, 1.807) is 0 Å². The van der Waals surface area contributed by atoms with Crippen LogP contribution in [0.1, 0.15) is 51.9 Å². The molecule has 1 unspecified atom stereocenters. The van der Waals surface area contributed by atoms with Gasteiger partial charge in [-0.05, 0) is 19.3 Å². The Morgan fingerprint density at radius 2 is 2.00 bits per heavy atom. The molecule has 1 atom stereocenters. The van der Waals surface area contributed by atoms with E-state index in [1.807, 2.05) is 0 Å². The standard InChI is InChI=1S/C13H26N2O3S/c1-2-3-6-11(9-14)15-13(16)10-19(17,18)12-7-4-5-8-12/h11-12H,2-10,14H2,1H3,(H,15,16). The zero-order valence-electron chi connectivity index (χ0n) is 11.7. The summed E-state index contributed by atoms with van der Waals surface area (Å²) in [4.78, 5) is 11.8. The Balaban J connectivity index is 2.44. The van der Waals surface area contributed by atoms with Crippen LogP contribution in [0.4, 0.5) is 0 Å². The van der Waals surface area contributed by atoms with E-state index in [0.29, 0.717) is 19.4 Å². The minimum absolute atomic E-state index is 0.105. The summed E-state index contributed by atoms with van der Waals surface area (Å²) in [6.45, 7) is 2.43. The van der Waals surface area contributed by atoms with Crippen LogP contribution < -0.4 is 11.1 Å². The summed E-state index contributed by atoms with van der Waals surface area (Å²) in [5.41, 5.74) is 5.58. The van der Waals surface area contributed by atoms with Crippen LogP contribution in [0.3, 0.4) is 0 Å². The molecule has 1 fully saturated rings. The van der Waals surface area contributed by atoms with Gasteiger partial charge in [-0.1, -0.05) is 32.6 Å². The summed E-state index contributed by atoms with van der Waals surface area (Å²) in [7, 11) is -3.29. The van der Waals surface area contributed by atoms with Crippen molar-refractivity contribution in [1.29, 1.82) is 0 Å². The third kappa shape index (κ3) is 5.48. The van der Waals surface area contributed by atoms with Crippen molar-refractivity contribution < 1.29 is 13.2 Å². The van der Waals surface area contributed by atoms with E-state index in [-0.39, 0.29) is 17.0 Å². The number of unbranched alkanes of at least 4 members (excludes halogenated alkanes) is 1. The highest BCUT2D eigenvalue weighted by atomic mass is 32.2. The zero-order valence-corrected chi connectivity index (χ0v) is 12.5. The van der Waals surface area contributed by atoms with Crippen LogP contribution >= 0.6 is 0 Å². The summed E-state index contributed by atoms with van der Waals surface area (Å²) in [5.74, 6) is -0.793. The Kier molecular flexibility index (Phi) is 6.79. The minimum Gasteiger partial charge on any atom is -0.351 e. The van der Waals surface area contributed by atoms with E-state index in [4.69, 9.17) is 5.73 Å². The molecule has 0 aromatic carbocycles. The molecule has 1 aliphatic rings. The fraction of sp³-hybridized carbons (Fsp3) is 0.923. The highest BCUT2D eigenvalue weighted by molar-refractivity contribution is 7.92. The molecule has 0 radical (unpaired) electrons. The Hall–Kier alpha value is -0.620. The van der Waals surface area contributed by atoms with Gasteiger partial charge in [0.2, 0.25) is 5.91 Å². The van der Waals surface area contributed by atoms with Crippen LogP contribution in [-0.4, -0.2) is 37.9 Å². The van der Waals surface area contributed by atoms with E-state index < -0.39 is 15.7 Å². The van der Waals surface area contributed by atoms with Crippen molar-refractivity contribution in [3.63, 3.8) is 0 Å². The van der Waals surface area contributed by atoms with Gasteiger partial charge >= 0.3 is 0 Å². The minimum atomic E-state index is -3.29. The first-order valence-corrected chi connectivity index (χ1v) is 8.92. The smallest absolute Gasteiger partial charge is 0.235 e. The van der Waals surface area contributed by atoms with Crippen LogP contribution in [-0.2, 0) is 14.6 Å². The predicted molar refractivity (Wildman–Crippen MR) is 76.6 cm³/mol. The molecule has 0 bridgehead atoms. The van der Waals surface area contributed by atoms with Gasteiger partial charge in [-0.15, -0.1) is 0 Å². The zero-order chi connectivity index (χ0) is 14.3. The highest BCUT2D eigenvalue weighted by Crippen LogP contribution is 2.25. The third-order valence-corrected chi connectivity index (χ3v) is 5.85. The van der Waals surface area contributed by atoms with Crippen molar-refractivity contribution in [3.8, 4) is 0 Å². The molecule has 5 nitrogen and oxygen atoms in total. The van der Waals surface area contributed by atoms with Crippen molar-refractivity contribution in [1.82, 2.24) is 5.32 Å². The largest absolute Gasteiger partial charge is 0.351 e. The maximum absolute atomic E-state index is 12.0. The monoisotopic (exact) mass is 290 g/mol. The maximum Gasteiger partial charge on any atom is 0.235 e. The van der Waals surface area contributed by atoms with Crippen molar-refractivity contribution in [2.75, 3.05) is 12.3 Å². The number of nitrogens with one attached hydrogen (secondary N) is 1. The first-order chi connectivity index (χ1) is 8.99. The van der Waals surface area contributed by atoms with Gasteiger partial charge in [0, 0.05) is 12.6 Å². The molecule has 0 aromatic rings. The molecule has 1 amide bonds. The quantitative estimate of drug-likeness (QED) is 0.697. The Labute approximate surface area is 116 Å². The number of nitrogens with two attached hydrogens (primary N) is 1. The van der Waals surface area contributed by atoms with Crippen LogP contribution in [0.15, 0.2) is 0 Å². The lowest BCUT2D eigenvalue weighted by Crippen LogP contribution is -2.43. The van der Waals surface area contributed by atoms with Crippen LogP contribution in [0.25, 0.3) is 0 Å². The molecule has 112 valence electrons. The van der Waals surface area contributed by atoms with Crippen molar-refractivity contribution >= 4 is 15.7 Å². The number of hydrogen-bond acceptors (Lipinski definition) is 4. The summed E-state index contributed by atoms with van der Waals surface area (Å²) in [5, 5.41) is 2.42. The Bertz CT molecular complexity index is 375. The Morgan fingerprint density at radius 3 is 2.53 bits per heavy atom. The third-order valence-electron chi connectivity index (χ3n) is 3.70. The van der Waals surface area contributed by atoms with Gasteiger partial charge in [-0.2, -0.15) is 0 Å². The van der Waals surface area contributed by atoms with Crippen LogP contribution in [0.2, 0.25) is 0 Å². The van der Waals surface area contributed by atoms with Gasteiger partial charge < -0.3 is 11.1 Å². The number of hydrogen-bond donors (Lipinski definition) is 2. The molecule has 1 aliphatic carbocycles. The average molecular weight is 290 g/mol. The first kappa shape index (κ1) is 16.4.